The number of hydrogen-bond donors (Lipinski definition) is 1. The van der Waals surface area contributed by atoms with Gasteiger partial charge in [0.05, 0.1) is 22.9 Å². The average Bonchev–Trinajstić information content (AvgIpc) is 2.90. The predicted molar refractivity (Wildman–Crippen MR) is 86.4 cm³/mol. The zero-order valence-corrected chi connectivity index (χ0v) is 14.3. The molecule has 0 unspecified atom stereocenters. The van der Waals surface area contributed by atoms with E-state index < -0.39 is 23.4 Å². The van der Waals surface area contributed by atoms with Crippen molar-refractivity contribution in [1.29, 1.82) is 0 Å². The number of amides is 1. The zero-order valence-electron chi connectivity index (χ0n) is 13.5. The molecule has 7 heteroatoms. The second-order valence-electron chi connectivity index (χ2n) is 5.37. The van der Waals surface area contributed by atoms with E-state index in [9.17, 15) is 14.4 Å². The maximum atomic E-state index is 11.7. The molecule has 0 radical (unpaired) electrons. The van der Waals surface area contributed by atoms with Crippen molar-refractivity contribution in [2.24, 2.45) is 0 Å². The van der Waals surface area contributed by atoms with Crippen LogP contribution in [0.15, 0.2) is 12.1 Å². The molecule has 0 atom stereocenters. The van der Waals surface area contributed by atoms with E-state index in [0.29, 0.717) is 4.88 Å². The van der Waals surface area contributed by atoms with Crippen LogP contribution in [0.25, 0.3) is 0 Å². The molecule has 1 N–H and O–H groups in total. The van der Waals surface area contributed by atoms with Crippen molar-refractivity contribution in [3.05, 3.63) is 21.9 Å². The van der Waals surface area contributed by atoms with Gasteiger partial charge in [0.25, 0.3) is 5.78 Å². The summed E-state index contributed by atoms with van der Waals surface area (Å²) in [4.78, 5) is 35.3. The summed E-state index contributed by atoms with van der Waals surface area (Å²) in [7, 11) is 0. The first kappa shape index (κ1) is 18.7. The summed E-state index contributed by atoms with van der Waals surface area (Å²) in [6.07, 6.45) is -0.545. The van der Waals surface area contributed by atoms with Crippen molar-refractivity contribution in [2.75, 3.05) is 13.2 Å². The lowest BCUT2D eigenvalue weighted by Crippen LogP contribution is -2.32. The Labute approximate surface area is 139 Å². The van der Waals surface area contributed by atoms with E-state index in [-0.39, 0.29) is 18.0 Å². The largest absolute Gasteiger partial charge is 0.460 e. The van der Waals surface area contributed by atoms with Crippen LogP contribution in [0, 0.1) is 11.8 Å². The first-order valence-electron chi connectivity index (χ1n) is 7.00. The number of esters is 1. The lowest BCUT2D eigenvalue weighted by molar-refractivity contribution is -0.137. The molecule has 0 aliphatic heterocycles. The maximum absolute atomic E-state index is 11.7. The highest BCUT2D eigenvalue weighted by Crippen LogP contribution is 2.16. The lowest BCUT2D eigenvalue weighted by atomic mass is 10.2. The summed E-state index contributed by atoms with van der Waals surface area (Å²) in [6, 6.07) is 3.16. The molecular weight excluding hydrogens is 318 g/mol. The van der Waals surface area contributed by atoms with Gasteiger partial charge < -0.3 is 14.8 Å². The van der Waals surface area contributed by atoms with Crippen molar-refractivity contribution in [3.63, 3.8) is 0 Å². The van der Waals surface area contributed by atoms with Gasteiger partial charge in [-0.3, -0.25) is 4.79 Å². The molecule has 0 fully saturated rings. The first-order valence-corrected chi connectivity index (χ1v) is 7.81. The molecule has 23 heavy (non-hydrogen) atoms. The zero-order chi connectivity index (χ0) is 17.5. The van der Waals surface area contributed by atoms with Crippen LogP contribution in [0.1, 0.15) is 42.2 Å². The number of carbonyl (C=O) groups excluding carboxylic acids is 3. The number of rotatable bonds is 4. The number of thiophene rings is 1. The molecule has 1 rings (SSSR count). The molecule has 6 nitrogen and oxygen atoms in total. The number of nitrogens with one attached hydrogen (secondary N) is 1. The highest BCUT2D eigenvalue weighted by atomic mass is 32.1. The fourth-order valence-corrected chi connectivity index (χ4v) is 2.19. The number of alkyl carbamates (subject to hydrolysis) is 1. The van der Waals surface area contributed by atoms with Gasteiger partial charge in [-0.05, 0) is 39.8 Å². The van der Waals surface area contributed by atoms with Crippen LogP contribution in [0.3, 0.4) is 0 Å². The van der Waals surface area contributed by atoms with Crippen LogP contribution >= 0.6 is 11.3 Å². The van der Waals surface area contributed by atoms with E-state index in [4.69, 9.17) is 4.74 Å². The Balaban J connectivity index is 2.53. The molecule has 1 aromatic heterocycles. The summed E-state index contributed by atoms with van der Waals surface area (Å²) < 4.78 is 9.72. The predicted octanol–water partition coefficient (Wildman–Crippen LogP) is 2.37. The molecule has 0 bridgehead atoms. The Bertz CT molecular complexity index is 645. The Morgan fingerprint density at radius 2 is 1.96 bits per heavy atom. The SMILES string of the molecule is CCOC(=O)C(=O)c1ccc(C#CCNC(=O)OC(C)(C)C)s1. The van der Waals surface area contributed by atoms with E-state index in [0.717, 1.165) is 11.3 Å². The second kappa shape index (κ2) is 8.34. The van der Waals surface area contributed by atoms with Gasteiger partial charge in [0.2, 0.25) is 0 Å². The van der Waals surface area contributed by atoms with Gasteiger partial charge in [0, 0.05) is 0 Å². The minimum atomic E-state index is -0.875. The third-order valence-corrected chi connectivity index (χ3v) is 3.22. The fourth-order valence-electron chi connectivity index (χ4n) is 1.39. The van der Waals surface area contributed by atoms with Crippen molar-refractivity contribution < 1.29 is 23.9 Å². The minimum Gasteiger partial charge on any atom is -0.460 e. The van der Waals surface area contributed by atoms with Crippen molar-refractivity contribution in [1.82, 2.24) is 5.32 Å². The normalized spacial score (nSPS) is 10.3. The molecule has 0 saturated heterocycles. The molecule has 0 aliphatic carbocycles. The summed E-state index contributed by atoms with van der Waals surface area (Å²) in [5.41, 5.74) is -0.562. The van der Waals surface area contributed by atoms with Gasteiger partial charge in [0.15, 0.2) is 0 Å². The topological polar surface area (TPSA) is 81.7 Å². The third kappa shape index (κ3) is 6.98. The maximum Gasteiger partial charge on any atom is 0.408 e. The van der Waals surface area contributed by atoms with E-state index in [1.54, 1.807) is 33.8 Å². The highest BCUT2D eigenvalue weighted by molar-refractivity contribution is 7.15. The van der Waals surface area contributed by atoms with Gasteiger partial charge in [-0.2, -0.15) is 0 Å². The first-order chi connectivity index (χ1) is 10.7. The Morgan fingerprint density at radius 3 is 2.57 bits per heavy atom. The molecule has 0 aromatic carbocycles. The molecule has 1 aromatic rings. The van der Waals surface area contributed by atoms with E-state index in [1.807, 2.05) is 0 Å². The molecule has 0 spiro atoms. The van der Waals surface area contributed by atoms with Gasteiger partial charge in [0.1, 0.15) is 5.60 Å². The van der Waals surface area contributed by atoms with Crippen molar-refractivity contribution in [3.8, 4) is 11.8 Å². The van der Waals surface area contributed by atoms with E-state index >= 15 is 0 Å². The number of carbonyl (C=O) groups is 3. The molecular formula is C16H19NO5S. The number of hydrogen-bond acceptors (Lipinski definition) is 6. The van der Waals surface area contributed by atoms with Crippen LogP contribution < -0.4 is 5.32 Å². The number of Topliss-reactive ketones (excluding diaryl/α,β-unsaturated/α-hetero) is 1. The second-order valence-corrected chi connectivity index (χ2v) is 6.45. The smallest absolute Gasteiger partial charge is 0.408 e. The Morgan fingerprint density at radius 1 is 1.26 bits per heavy atom. The summed E-state index contributed by atoms with van der Waals surface area (Å²) >= 11 is 1.10. The Hall–Kier alpha value is -2.33. The molecule has 0 saturated carbocycles. The van der Waals surface area contributed by atoms with Gasteiger partial charge in [-0.1, -0.05) is 11.8 Å². The molecule has 1 heterocycles. The molecule has 1 amide bonds. The third-order valence-electron chi connectivity index (χ3n) is 2.22. The minimum absolute atomic E-state index is 0.119. The average molecular weight is 337 g/mol. The van der Waals surface area contributed by atoms with E-state index in [2.05, 4.69) is 21.9 Å². The van der Waals surface area contributed by atoms with Crippen molar-refractivity contribution in [2.45, 2.75) is 33.3 Å². The van der Waals surface area contributed by atoms with Crippen LogP contribution in [0.4, 0.5) is 4.79 Å². The number of ether oxygens (including phenoxy) is 2. The monoisotopic (exact) mass is 337 g/mol. The van der Waals surface area contributed by atoms with Crippen LogP contribution in [-0.2, 0) is 14.3 Å². The molecule has 124 valence electrons. The summed E-state index contributed by atoms with van der Waals surface area (Å²) in [5, 5.41) is 2.50. The van der Waals surface area contributed by atoms with Crippen LogP contribution in [0.5, 0.6) is 0 Å². The molecule has 0 aliphatic rings. The lowest BCUT2D eigenvalue weighted by Gasteiger charge is -2.18. The van der Waals surface area contributed by atoms with Gasteiger partial charge in [-0.25, -0.2) is 9.59 Å². The van der Waals surface area contributed by atoms with E-state index in [1.165, 1.54) is 6.07 Å². The Kier molecular flexibility index (Phi) is 6.79. The standard InChI is InChI=1S/C16H19NO5S/c1-5-21-14(19)13(18)12-9-8-11(23-12)7-6-10-17-15(20)22-16(2,3)4/h8-9H,5,10H2,1-4H3,(H,17,20). The number of ketones is 1. The summed E-state index contributed by atoms with van der Waals surface area (Å²) in [6.45, 7) is 7.21. The summed E-state index contributed by atoms with van der Waals surface area (Å²) in [5.74, 6) is 3.99. The van der Waals surface area contributed by atoms with Crippen LogP contribution in [0.2, 0.25) is 0 Å². The quantitative estimate of drug-likeness (QED) is 0.395. The van der Waals surface area contributed by atoms with Gasteiger partial charge >= 0.3 is 12.1 Å². The van der Waals surface area contributed by atoms with Gasteiger partial charge in [-0.15, -0.1) is 11.3 Å². The highest BCUT2D eigenvalue weighted by Gasteiger charge is 2.19. The van der Waals surface area contributed by atoms with Crippen molar-refractivity contribution >= 4 is 29.2 Å². The van der Waals surface area contributed by atoms with Crippen LogP contribution in [-0.4, -0.2) is 36.6 Å². The fraction of sp³-hybridized carbons (Fsp3) is 0.438.